The second-order valence-corrected chi connectivity index (χ2v) is 6.23. The van der Waals surface area contributed by atoms with E-state index < -0.39 is 29.8 Å². The number of hydrogen-bond acceptors (Lipinski definition) is 3. The largest absolute Gasteiger partial charge is 0.481 e. The molecule has 0 saturated heterocycles. The number of carbonyl (C=O) groups is 2. The van der Waals surface area contributed by atoms with Crippen molar-refractivity contribution in [2.24, 2.45) is 11.8 Å². The quantitative estimate of drug-likeness (QED) is 0.631. The van der Waals surface area contributed by atoms with E-state index in [1.807, 2.05) is 44.2 Å². The van der Waals surface area contributed by atoms with Gasteiger partial charge in [0.2, 0.25) is 0 Å². The molecule has 1 aromatic carbocycles. The second kappa shape index (κ2) is 8.66. The fourth-order valence-corrected chi connectivity index (χ4v) is 2.50. The Morgan fingerprint density at radius 3 is 2.27 bits per heavy atom. The number of quaternary nitrogens is 1. The number of carbonyl (C=O) groups excluding carboxylic acids is 1. The van der Waals surface area contributed by atoms with Gasteiger partial charge in [-0.15, -0.1) is 0 Å². The van der Waals surface area contributed by atoms with E-state index >= 15 is 0 Å². The van der Waals surface area contributed by atoms with Gasteiger partial charge in [0.1, 0.15) is 6.04 Å². The van der Waals surface area contributed by atoms with E-state index in [0.717, 1.165) is 5.56 Å². The summed E-state index contributed by atoms with van der Waals surface area (Å²) in [6.07, 6.45) is -0.464. The molecule has 0 aliphatic heterocycles. The van der Waals surface area contributed by atoms with Crippen LogP contribution < -0.4 is 5.73 Å². The van der Waals surface area contributed by atoms with Gasteiger partial charge in [-0.3, -0.25) is 9.59 Å². The van der Waals surface area contributed by atoms with Crippen molar-refractivity contribution >= 4 is 11.8 Å². The third-order valence-electron chi connectivity index (χ3n) is 3.67. The summed E-state index contributed by atoms with van der Waals surface area (Å²) in [6, 6.07) is 9.01. The van der Waals surface area contributed by atoms with Gasteiger partial charge in [-0.1, -0.05) is 44.2 Å². The summed E-state index contributed by atoms with van der Waals surface area (Å²) in [7, 11) is 0. The standard InChI is InChI=1S/C17H25NO4/c1-11(2)8-13(17(21)22)10-15(19)16(20)14(18)9-12-6-4-3-5-7-12/h3-7,11,13-14,16,20H,8-10,18H2,1-2H3,(H,21,22)/p+1/t13-,14-,16+/m1/s1. The van der Waals surface area contributed by atoms with Gasteiger partial charge in [-0.2, -0.15) is 0 Å². The molecule has 5 nitrogen and oxygen atoms in total. The van der Waals surface area contributed by atoms with E-state index in [2.05, 4.69) is 5.73 Å². The molecule has 0 aliphatic carbocycles. The van der Waals surface area contributed by atoms with Crippen LogP contribution >= 0.6 is 0 Å². The molecule has 0 amide bonds. The number of aliphatic hydroxyl groups is 1. The van der Waals surface area contributed by atoms with Crippen molar-refractivity contribution in [3.8, 4) is 0 Å². The number of aliphatic carboxylic acids is 1. The summed E-state index contributed by atoms with van der Waals surface area (Å²) in [6.45, 7) is 3.83. The molecule has 0 aliphatic rings. The first kappa shape index (κ1) is 18.3. The minimum Gasteiger partial charge on any atom is -0.481 e. The Labute approximate surface area is 131 Å². The minimum absolute atomic E-state index is 0.143. The number of aliphatic hydroxyl groups excluding tert-OH is 1. The molecule has 0 bridgehead atoms. The molecule has 0 spiro atoms. The van der Waals surface area contributed by atoms with Crippen LogP contribution in [0.25, 0.3) is 0 Å². The van der Waals surface area contributed by atoms with Crippen LogP contribution in [0.2, 0.25) is 0 Å². The van der Waals surface area contributed by atoms with E-state index in [4.69, 9.17) is 0 Å². The van der Waals surface area contributed by atoms with Crippen LogP contribution in [0.3, 0.4) is 0 Å². The van der Waals surface area contributed by atoms with Gasteiger partial charge in [-0.05, 0) is 17.9 Å². The van der Waals surface area contributed by atoms with E-state index in [1.165, 1.54) is 0 Å². The molecule has 0 heterocycles. The number of carboxylic acid groups (broad SMARTS) is 1. The van der Waals surface area contributed by atoms with Crippen LogP contribution in [0.5, 0.6) is 0 Å². The first-order valence-corrected chi connectivity index (χ1v) is 7.61. The Morgan fingerprint density at radius 2 is 1.77 bits per heavy atom. The van der Waals surface area contributed by atoms with Crippen LogP contribution in [-0.4, -0.2) is 34.1 Å². The number of carboxylic acids is 1. The lowest BCUT2D eigenvalue weighted by molar-refractivity contribution is -0.432. The van der Waals surface area contributed by atoms with Crippen molar-refractivity contribution in [3.63, 3.8) is 0 Å². The third kappa shape index (κ3) is 5.95. The number of rotatable bonds is 9. The monoisotopic (exact) mass is 308 g/mol. The Morgan fingerprint density at radius 1 is 1.18 bits per heavy atom. The topological polar surface area (TPSA) is 102 Å². The molecule has 0 unspecified atom stereocenters. The van der Waals surface area contributed by atoms with E-state index in [1.54, 1.807) is 0 Å². The predicted molar refractivity (Wildman–Crippen MR) is 83.0 cm³/mol. The maximum absolute atomic E-state index is 12.1. The Kier molecular flexibility index (Phi) is 7.21. The average Bonchev–Trinajstić information content (AvgIpc) is 2.46. The summed E-state index contributed by atoms with van der Waals surface area (Å²) in [5, 5.41) is 19.3. The molecule has 3 atom stereocenters. The molecule has 0 saturated carbocycles. The maximum Gasteiger partial charge on any atom is 0.306 e. The average molecular weight is 308 g/mol. The first-order valence-electron chi connectivity index (χ1n) is 7.61. The summed E-state index contributed by atoms with van der Waals surface area (Å²) >= 11 is 0. The van der Waals surface area contributed by atoms with Crippen molar-refractivity contribution in [2.75, 3.05) is 0 Å². The van der Waals surface area contributed by atoms with Crippen LogP contribution in [0.15, 0.2) is 30.3 Å². The highest BCUT2D eigenvalue weighted by atomic mass is 16.4. The zero-order valence-electron chi connectivity index (χ0n) is 13.2. The van der Waals surface area contributed by atoms with Crippen molar-refractivity contribution in [1.29, 1.82) is 0 Å². The van der Waals surface area contributed by atoms with Crippen LogP contribution in [0.4, 0.5) is 0 Å². The molecule has 5 N–H and O–H groups in total. The Balaban J connectivity index is 2.61. The second-order valence-electron chi connectivity index (χ2n) is 6.23. The molecule has 0 radical (unpaired) electrons. The van der Waals surface area contributed by atoms with E-state index in [9.17, 15) is 19.8 Å². The fourth-order valence-electron chi connectivity index (χ4n) is 2.50. The summed E-state index contributed by atoms with van der Waals surface area (Å²) in [5.41, 5.74) is 4.84. The lowest BCUT2D eigenvalue weighted by atomic mass is 9.89. The normalized spacial score (nSPS) is 15.3. The zero-order valence-corrected chi connectivity index (χ0v) is 13.2. The number of Topliss-reactive ketones (excluding diaryl/α,β-unsaturated/α-hetero) is 1. The molecule has 22 heavy (non-hydrogen) atoms. The van der Waals surface area contributed by atoms with E-state index in [0.29, 0.717) is 12.8 Å². The SMILES string of the molecule is CC(C)C[C@H](CC(=O)[C@@H](O)[C@H]([NH3+])Cc1ccccc1)C(=O)O. The first-order chi connectivity index (χ1) is 10.3. The maximum atomic E-state index is 12.1. The highest BCUT2D eigenvalue weighted by Gasteiger charge is 2.30. The minimum atomic E-state index is -1.23. The summed E-state index contributed by atoms with van der Waals surface area (Å²) in [5.74, 6) is -1.99. The van der Waals surface area contributed by atoms with Gasteiger partial charge >= 0.3 is 5.97 Å². The summed E-state index contributed by atoms with van der Waals surface area (Å²) < 4.78 is 0. The van der Waals surface area contributed by atoms with Crippen LogP contribution in [-0.2, 0) is 16.0 Å². The highest BCUT2D eigenvalue weighted by Crippen LogP contribution is 2.18. The molecular formula is C17H26NO4+. The van der Waals surface area contributed by atoms with Gasteiger partial charge in [0, 0.05) is 12.8 Å². The Hall–Kier alpha value is -1.72. The van der Waals surface area contributed by atoms with Gasteiger partial charge < -0.3 is 15.9 Å². The molecule has 0 fully saturated rings. The number of benzene rings is 1. The van der Waals surface area contributed by atoms with Gasteiger partial charge in [-0.25, -0.2) is 0 Å². The Bertz CT molecular complexity index is 487. The molecule has 0 aromatic heterocycles. The zero-order chi connectivity index (χ0) is 16.7. The van der Waals surface area contributed by atoms with Crippen molar-refractivity contribution < 1.29 is 25.5 Å². The van der Waals surface area contributed by atoms with Crippen LogP contribution in [0, 0.1) is 11.8 Å². The molecule has 1 rings (SSSR count). The van der Waals surface area contributed by atoms with Crippen LogP contribution in [0.1, 0.15) is 32.3 Å². The van der Waals surface area contributed by atoms with Crippen molar-refractivity contribution in [3.05, 3.63) is 35.9 Å². The summed E-state index contributed by atoms with van der Waals surface area (Å²) in [4.78, 5) is 23.3. The third-order valence-corrected chi connectivity index (χ3v) is 3.67. The predicted octanol–water partition coefficient (Wildman–Crippen LogP) is 0.907. The van der Waals surface area contributed by atoms with Gasteiger partial charge in [0.05, 0.1) is 5.92 Å². The molecular weight excluding hydrogens is 282 g/mol. The number of hydrogen-bond donors (Lipinski definition) is 3. The van der Waals surface area contributed by atoms with Gasteiger partial charge in [0.25, 0.3) is 0 Å². The molecule has 1 aromatic rings. The van der Waals surface area contributed by atoms with Crippen molar-refractivity contribution in [1.82, 2.24) is 0 Å². The lowest BCUT2D eigenvalue weighted by Crippen LogP contribution is -2.69. The van der Waals surface area contributed by atoms with Gasteiger partial charge in [0.15, 0.2) is 11.9 Å². The molecule has 5 heteroatoms. The molecule has 122 valence electrons. The number of ketones is 1. The highest BCUT2D eigenvalue weighted by molar-refractivity contribution is 5.87. The fraction of sp³-hybridized carbons (Fsp3) is 0.529. The van der Waals surface area contributed by atoms with Crippen molar-refractivity contribution in [2.45, 2.75) is 45.3 Å². The smallest absolute Gasteiger partial charge is 0.306 e. The van der Waals surface area contributed by atoms with E-state index in [-0.39, 0.29) is 12.3 Å². The lowest BCUT2D eigenvalue weighted by Gasteiger charge is -2.18.